The van der Waals surface area contributed by atoms with Crippen molar-refractivity contribution in [1.29, 1.82) is 0 Å². The van der Waals surface area contributed by atoms with E-state index in [1.807, 2.05) is 13.0 Å². The zero-order valence-electron chi connectivity index (χ0n) is 11.5. The number of aryl methyl sites for hydroxylation is 1. The van der Waals surface area contributed by atoms with Crippen molar-refractivity contribution in [2.75, 3.05) is 31.1 Å². The van der Waals surface area contributed by atoms with E-state index in [2.05, 4.69) is 35.8 Å². The molecule has 0 radical (unpaired) electrons. The number of carbonyl (C=O) groups excluding carboxylic acids is 1. The van der Waals surface area contributed by atoms with Crippen LogP contribution in [0, 0.1) is 6.92 Å². The highest BCUT2D eigenvalue weighted by Gasteiger charge is 2.22. The minimum absolute atomic E-state index is 0.592. The van der Waals surface area contributed by atoms with Gasteiger partial charge in [0.15, 0.2) is 0 Å². The average Bonchev–Trinajstić information content (AvgIpc) is 2.38. The quantitative estimate of drug-likeness (QED) is 0.765. The Bertz CT molecular complexity index is 431. The van der Waals surface area contributed by atoms with Crippen LogP contribution in [0.3, 0.4) is 0 Å². The molecule has 0 bridgehead atoms. The normalized spacial score (nSPS) is 21.1. The number of nitrogens with zero attached hydrogens (tertiary/aromatic N) is 2. The summed E-state index contributed by atoms with van der Waals surface area (Å²) in [6.45, 7) is 10.9. The summed E-state index contributed by atoms with van der Waals surface area (Å²) < 4.78 is 0. The molecule has 1 aliphatic rings. The molecule has 18 heavy (non-hydrogen) atoms. The van der Waals surface area contributed by atoms with E-state index in [1.54, 1.807) is 0 Å². The number of anilines is 1. The molecule has 3 nitrogen and oxygen atoms in total. The van der Waals surface area contributed by atoms with Gasteiger partial charge < -0.3 is 4.90 Å². The molecule has 0 aromatic heterocycles. The van der Waals surface area contributed by atoms with E-state index in [4.69, 9.17) is 0 Å². The minimum atomic E-state index is 0.592. The summed E-state index contributed by atoms with van der Waals surface area (Å²) in [6, 6.07) is 6.70. The number of likely N-dealkylation sites (N-methyl/N-ethyl adjacent to an activating group) is 1. The number of piperazine rings is 1. The first-order valence-corrected chi connectivity index (χ1v) is 6.70. The molecule has 0 N–H and O–H groups in total. The van der Waals surface area contributed by atoms with Gasteiger partial charge in [0.1, 0.15) is 6.29 Å². The van der Waals surface area contributed by atoms with Crippen LogP contribution < -0.4 is 4.90 Å². The van der Waals surface area contributed by atoms with E-state index in [0.29, 0.717) is 6.04 Å². The lowest BCUT2D eigenvalue weighted by molar-refractivity contribution is 0.112. The van der Waals surface area contributed by atoms with Crippen LogP contribution in [0.1, 0.15) is 29.8 Å². The Morgan fingerprint density at radius 3 is 2.72 bits per heavy atom. The van der Waals surface area contributed by atoms with Crippen LogP contribution in [0.2, 0.25) is 0 Å². The number of benzene rings is 1. The standard InChI is InChI=1S/C15H22N2O/c1-4-16-7-8-17(10-13(16)3)15-6-5-14(11-18)12(2)9-15/h5-6,9,11,13H,4,7-8,10H2,1-3H3. The fourth-order valence-electron chi connectivity index (χ4n) is 2.69. The lowest BCUT2D eigenvalue weighted by Crippen LogP contribution is -2.51. The summed E-state index contributed by atoms with van der Waals surface area (Å²) >= 11 is 0. The van der Waals surface area contributed by atoms with Crippen molar-refractivity contribution < 1.29 is 4.79 Å². The maximum absolute atomic E-state index is 10.8. The van der Waals surface area contributed by atoms with E-state index >= 15 is 0 Å². The van der Waals surface area contributed by atoms with Gasteiger partial charge in [0, 0.05) is 36.9 Å². The Morgan fingerprint density at radius 1 is 1.39 bits per heavy atom. The van der Waals surface area contributed by atoms with Crippen molar-refractivity contribution in [2.24, 2.45) is 0 Å². The summed E-state index contributed by atoms with van der Waals surface area (Å²) in [5.41, 5.74) is 3.09. The van der Waals surface area contributed by atoms with E-state index in [9.17, 15) is 4.79 Å². The molecule has 1 aliphatic heterocycles. The summed E-state index contributed by atoms with van der Waals surface area (Å²) in [7, 11) is 0. The summed E-state index contributed by atoms with van der Waals surface area (Å²) in [5, 5.41) is 0. The molecule has 1 fully saturated rings. The molecule has 1 unspecified atom stereocenters. The highest BCUT2D eigenvalue weighted by Crippen LogP contribution is 2.21. The second kappa shape index (κ2) is 5.53. The summed E-state index contributed by atoms with van der Waals surface area (Å²) in [5.74, 6) is 0. The van der Waals surface area contributed by atoms with Crippen LogP contribution in [0.5, 0.6) is 0 Å². The van der Waals surface area contributed by atoms with Crippen molar-refractivity contribution in [1.82, 2.24) is 4.90 Å². The first-order chi connectivity index (χ1) is 8.65. The fourth-order valence-corrected chi connectivity index (χ4v) is 2.69. The van der Waals surface area contributed by atoms with E-state index in [1.165, 1.54) is 5.69 Å². The third-order valence-corrected chi connectivity index (χ3v) is 3.92. The van der Waals surface area contributed by atoms with Gasteiger partial charge in [-0.05, 0) is 44.2 Å². The Labute approximate surface area is 109 Å². The van der Waals surface area contributed by atoms with Gasteiger partial charge in [0.05, 0.1) is 0 Å². The van der Waals surface area contributed by atoms with Gasteiger partial charge in [0.25, 0.3) is 0 Å². The maximum atomic E-state index is 10.8. The second-order valence-electron chi connectivity index (χ2n) is 5.08. The second-order valence-corrected chi connectivity index (χ2v) is 5.08. The molecular weight excluding hydrogens is 224 g/mol. The predicted molar refractivity (Wildman–Crippen MR) is 75.5 cm³/mol. The molecular formula is C15H22N2O. The van der Waals surface area contributed by atoms with Crippen LogP contribution in [0.15, 0.2) is 18.2 Å². The van der Waals surface area contributed by atoms with Crippen molar-refractivity contribution >= 4 is 12.0 Å². The number of hydrogen-bond acceptors (Lipinski definition) is 3. The van der Waals surface area contributed by atoms with Crippen molar-refractivity contribution in [3.8, 4) is 0 Å². The SMILES string of the molecule is CCN1CCN(c2ccc(C=O)c(C)c2)CC1C. The number of hydrogen-bond donors (Lipinski definition) is 0. The van der Waals surface area contributed by atoms with Crippen LogP contribution in [0.4, 0.5) is 5.69 Å². The Balaban J connectivity index is 2.13. The van der Waals surface area contributed by atoms with Gasteiger partial charge in [-0.15, -0.1) is 0 Å². The molecule has 0 spiro atoms. The predicted octanol–water partition coefficient (Wildman–Crippen LogP) is 2.34. The summed E-state index contributed by atoms with van der Waals surface area (Å²) in [4.78, 5) is 15.7. The number of aldehydes is 1. The van der Waals surface area contributed by atoms with Gasteiger partial charge in [-0.25, -0.2) is 0 Å². The number of rotatable bonds is 3. The Kier molecular flexibility index (Phi) is 4.02. The third kappa shape index (κ3) is 2.56. The zero-order valence-corrected chi connectivity index (χ0v) is 11.5. The fraction of sp³-hybridized carbons (Fsp3) is 0.533. The van der Waals surface area contributed by atoms with Crippen molar-refractivity contribution in [2.45, 2.75) is 26.8 Å². The molecule has 1 aromatic carbocycles. The molecule has 0 saturated carbocycles. The average molecular weight is 246 g/mol. The van der Waals surface area contributed by atoms with Crippen molar-refractivity contribution in [3.05, 3.63) is 29.3 Å². The molecule has 3 heteroatoms. The molecule has 98 valence electrons. The maximum Gasteiger partial charge on any atom is 0.150 e. The van der Waals surface area contributed by atoms with Gasteiger partial charge in [-0.1, -0.05) is 6.92 Å². The van der Waals surface area contributed by atoms with Crippen LogP contribution in [0.25, 0.3) is 0 Å². The van der Waals surface area contributed by atoms with E-state index in [0.717, 1.165) is 43.6 Å². The van der Waals surface area contributed by atoms with E-state index < -0.39 is 0 Å². The smallest absolute Gasteiger partial charge is 0.150 e. The lowest BCUT2D eigenvalue weighted by Gasteiger charge is -2.40. The highest BCUT2D eigenvalue weighted by molar-refractivity contribution is 5.78. The number of carbonyl (C=O) groups is 1. The molecule has 1 heterocycles. The highest BCUT2D eigenvalue weighted by atomic mass is 16.1. The topological polar surface area (TPSA) is 23.6 Å². The van der Waals surface area contributed by atoms with Crippen LogP contribution in [-0.2, 0) is 0 Å². The Morgan fingerprint density at radius 2 is 2.17 bits per heavy atom. The van der Waals surface area contributed by atoms with Gasteiger partial charge in [0.2, 0.25) is 0 Å². The van der Waals surface area contributed by atoms with Crippen LogP contribution in [-0.4, -0.2) is 43.4 Å². The Hall–Kier alpha value is -1.35. The van der Waals surface area contributed by atoms with Crippen LogP contribution >= 0.6 is 0 Å². The first kappa shape index (κ1) is 13.1. The zero-order chi connectivity index (χ0) is 13.1. The first-order valence-electron chi connectivity index (χ1n) is 6.70. The third-order valence-electron chi connectivity index (χ3n) is 3.92. The van der Waals surface area contributed by atoms with Gasteiger partial charge >= 0.3 is 0 Å². The van der Waals surface area contributed by atoms with E-state index in [-0.39, 0.29) is 0 Å². The summed E-state index contributed by atoms with van der Waals surface area (Å²) in [6.07, 6.45) is 0.927. The largest absolute Gasteiger partial charge is 0.369 e. The molecule has 0 aliphatic carbocycles. The van der Waals surface area contributed by atoms with Gasteiger partial charge in [-0.2, -0.15) is 0 Å². The lowest BCUT2D eigenvalue weighted by atomic mass is 10.1. The molecule has 0 amide bonds. The monoisotopic (exact) mass is 246 g/mol. The minimum Gasteiger partial charge on any atom is -0.369 e. The molecule has 1 aromatic rings. The molecule has 1 saturated heterocycles. The van der Waals surface area contributed by atoms with Gasteiger partial charge in [-0.3, -0.25) is 9.69 Å². The van der Waals surface area contributed by atoms with Crippen molar-refractivity contribution in [3.63, 3.8) is 0 Å². The molecule has 1 atom stereocenters. The molecule has 2 rings (SSSR count).